The molecule has 0 aliphatic heterocycles. The number of aromatic amines is 1. The third kappa shape index (κ3) is 8.32. The number of hydrogen-bond donors (Lipinski definition) is 4. The zero-order valence-electron chi connectivity index (χ0n) is 28.5. The van der Waals surface area contributed by atoms with Crippen LogP contribution in [0.3, 0.4) is 0 Å². The number of nitrogens with one attached hydrogen (secondary N) is 3. The largest absolute Gasteiger partial charge is 0.378 e. The Kier molecular flexibility index (Phi) is 10.2. The summed E-state index contributed by atoms with van der Waals surface area (Å²) in [6, 6.07) is 7.33. The highest BCUT2D eigenvalue weighted by atomic mass is 35.5. The van der Waals surface area contributed by atoms with Crippen LogP contribution in [0.4, 0.5) is 32.2 Å². The first-order valence-corrected chi connectivity index (χ1v) is 18.4. The van der Waals surface area contributed by atoms with Crippen LogP contribution >= 0.6 is 11.6 Å². The third-order valence-electron chi connectivity index (χ3n) is 8.31. The van der Waals surface area contributed by atoms with Gasteiger partial charge in [0.2, 0.25) is 15.9 Å². The number of alkyl halides is 4. The Balaban J connectivity index is 1.51. The van der Waals surface area contributed by atoms with Gasteiger partial charge in [0, 0.05) is 29.2 Å². The Morgan fingerprint density at radius 1 is 1.11 bits per heavy atom. The van der Waals surface area contributed by atoms with Gasteiger partial charge in [-0.1, -0.05) is 23.6 Å². The number of hydrogen-bond acceptors (Lipinski definition) is 7. The molecule has 5 aromatic rings. The fraction of sp³-hybridized carbons (Fsp3) is 0.314. The summed E-state index contributed by atoms with van der Waals surface area (Å²) in [4.78, 5) is 18.4. The van der Waals surface area contributed by atoms with E-state index in [2.05, 4.69) is 42.2 Å². The number of carbonyl (C=O) groups is 1. The van der Waals surface area contributed by atoms with Crippen molar-refractivity contribution in [2.75, 3.05) is 11.0 Å². The lowest BCUT2D eigenvalue weighted by atomic mass is 9.93. The molecule has 0 saturated carbocycles. The van der Waals surface area contributed by atoms with Crippen molar-refractivity contribution in [3.05, 3.63) is 93.0 Å². The quantitative estimate of drug-likeness (QED) is 0.0953. The highest BCUT2D eigenvalue weighted by Gasteiger charge is 2.46. The van der Waals surface area contributed by atoms with Crippen LogP contribution in [-0.2, 0) is 40.1 Å². The summed E-state index contributed by atoms with van der Waals surface area (Å²) < 4.78 is 113. The topological polar surface area (TPSA) is 155 Å². The zero-order valence-corrected chi connectivity index (χ0v) is 30.1. The van der Waals surface area contributed by atoms with Gasteiger partial charge in [-0.3, -0.25) is 19.3 Å². The van der Waals surface area contributed by atoms with E-state index in [0.717, 1.165) is 18.4 Å². The number of aromatic nitrogens is 5. The highest BCUT2D eigenvalue weighted by molar-refractivity contribution is 7.92. The van der Waals surface area contributed by atoms with Crippen LogP contribution in [0.5, 0.6) is 0 Å². The summed E-state index contributed by atoms with van der Waals surface area (Å²) >= 11 is 6.48. The number of anilines is 1. The SMILES string of the molecule is CC(C)(O)C#Cc1ccc(-c2ccc(Cl)c3c(NS(C)(=O)=O)n[nH]c23)c([C@H](Cc2cc(F)cc(F)c2)NC(=O)Cn2nc(C(F)F)c3c2C(F)(F)CC3)n1. The summed E-state index contributed by atoms with van der Waals surface area (Å²) in [5.74, 6) is -1.19. The van der Waals surface area contributed by atoms with Gasteiger partial charge in [0.15, 0.2) is 5.82 Å². The monoisotopic (exact) mass is 793 g/mol. The number of sulfonamides is 1. The first-order chi connectivity index (χ1) is 25.2. The zero-order chi connectivity index (χ0) is 39.3. The number of fused-ring (bicyclic) bond motifs is 2. The fourth-order valence-electron chi connectivity index (χ4n) is 6.24. The molecule has 0 radical (unpaired) electrons. The van der Waals surface area contributed by atoms with Crippen LogP contribution < -0.4 is 10.0 Å². The minimum atomic E-state index is -3.82. The molecule has 1 aliphatic rings. The van der Waals surface area contributed by atoms with E-state index in [1.807, 2.05) is 0 Å². The predicted molar refractivity (Wildman–Crippen MR) is 186 cm³/mol. The van der Waals surface area contributed by atoms with Gasteiger partial charge in [0.1, 0.15) is 40.9 Å². The van der Waals surface area contributed by atoms with Crippen molar-refractivity contribution in [2.24, 2.45) is 0 Å². The van der Waals surface area contributed by atoms with E-state index in [9.17, 15) is 44.7 Å². The van der Waals surface area contributed by atoms with Gasteiger partial charge in [-0.2, -0.15) is 19.0 Å². The molecule has 0 unspecified atom stereocenters. The molecule has 1 atom stereocenters. The smallest absolute Gasteiger partial charge is 0.290 e. The van der Waals surface area contributed by atoms with Gasteiger partial charge in [-0.05, 0) is 68.5 Å². The second kappa shape index (κ2) is 14.3. The molecule has 3 aromatic heterocycles. The van der Waals surface area contributed by atoms with Crippen LogP contribution in [0, 0.1) is 23.5 Å². The number of aliphatic hydroxyl groups is 1. The Morgan fingerprint density at radius 3 is 2.44 bits per heavy atom. The van der Waals surface area contributed by atoms with E-state index in [0.29, 0.717) is 16.3 Å². The van der Waals surface area contributed by atoms with Crippen molar-refractivity contribution in [1.29, 1.82) is 0 Å². The van der Waals surface area contributed by atoms with Crippen LogP contribution in [0.25, 0.3) is 22.0 Å². The van der Waals surface area contributed by atoms with Gasteiger partial charge in [0.25, 0.3) is 12.3 Å². The molecule has 284 valence electrons. The van der Waals surface area contributed by atoms with Crippen LogP contribution in [-0.4, -0.2) is 56.3 Å². The van der Waals surface area contributed by atoms with Crippen molar-refractivity contribution >= 4 is 44.3 Å². The van der Waals surface area contributed by atoms with Crippen LogP contribution in [0.1, 0.15) is 66.6 Å². The molecule has 6 rings (SSSR count). The van der Waals surface area contributed by atoms with Crippen LogP contribution in [0.15, 0.2) is 42.5 Å². The molecular weight excluding hydrogens is 764 g/mol. The Hall–Kier alpha value is -5.12. The summed E-state index contributed by atoms with van der Waals surface area (Å²) in [7, 11) is -3.82. The van der Waals surface area contributed by atoms with E-state index in [4.69, 9.17) is 11.6 Å². The fourth-order valence-corrected chi connectivity index (χ4v) is 6.99. The second-order valence-electron chi connectivity index (χ2n) is 13.2. The maximum atomic E-state index is 14.9. The molecule has 19 heteroatoms. The molecule has 4 N–H and O–H groups in total. The van der Waals surface area contributed by atoms with Gasteiger partial charge in [-0.15, -0.1) is 0 Å². The number of rotatable bonds is 10. The standard InChI is InChI=1S/C35H30ClF6N7O4S/c1-34(2,51)10-8-20-4-5-21(22-6-7-24(36)27-29(22)45-46-33(27)48-54(3,52)53)28(43-20)25(14-17-12-18(37)15-19(38)13-17)44-26(50)16-49-31-23(9-11-35(31,41)42)30(47-49)32(39)40/h4-7,12-13,15,25,32,51H,9,11,14,16H2,1-3H3,(H,44,50)(H2,45,46,48)/t25-/m0/s1. The summed E-state index contributed by atoms with van der Waals surface area (Å²) in [6.45, 7) is 1.92. The number of nitrogens with zero attached hydrogens (tertiary/aromatic N) is 4. The highest BCUT2D eigenvalue weighted by Crippen LogP contribution is 2.45. The first-order valence-electron chi connectivity index (χ1n) is 16.1. The number of pyridine rings is 1. The van der Waals surface area contributed by atoms with Crippen molar-refractivity contribution in [3.63, 3.8) is 0 Å². The molecular formula is C35H30ClF6N7O4S. The van der Waals surface area contributed by atoms with E-state index >= 15 is 0 Å². The summed E-state index contributed by atoms with van der Waals surface area (Å²) in [6.07, 6.45) is -3.73. The predicted octanol–water partition coefficient (Wildman–Crippen LogP) is 6.32. The number of benzene rings is 2. The summed E-state index contributed by atoms with van der Waals surface area (Å²) in [5.41, 5.74) is -2.59. The lowest BCUT2D eigenvalue weighted by molar-refractivity contribution is -0.122. The second-order valence-corrected chi connectivity index (χ2v) is 15.4. The molecule has 2 aromatic carbocycles. The average Bonchev–Trinajstić information content (AvgIpc) is 3.72. The summed E-state index contributed by atoms with van der Waals surface area (Å²) in [5, 5.41) is 23.6. The molecule has 0 saturated heterocycles. The maximum Gasteiger partial charge on any atom is 0.290 e. The molecule has 54 heavy (non-hydrogen) atoms. The minimum absolute atomic E-state index is 0.00991. The van der Waals surface area contributed by atoms with E-state index in [1.165, 1.54) is 38.1 Å². The third-order valence-corrected chi connectivity index (χ3v) is 9.19. The van der Waals surface area contributed by atoms with E-state index in [-0.39, 0.29) is 62.7 Å². The maximum absolute atomic E-state index is 14.9. The Morgan fingerprint density at radius 2 is 1.80 bits per heavy atom. The van der Waals surface area contributed by atoms with Gasteiger partial charge >= 0.3 is 0 Å². The molecule has 0 spiro atoms. The Bertz CT molecular complexity index is 2450. The van der Waals surface area contributed by atoms with E-state index < -0.39 is 75.9 Å². The number of halogens is 7. The molecule has 3 heterocycles. The van der Waals surface area contributed by atoms with Crippen LogP contribution in [0.2, 0.25) is 5.02 Å². The number of amides is 1. The molecule has 1 amide bonds. The Labute approximate surface area is 309 Å². The molecule has 1 aliphatic carbocycles. The normalized spacial score (nSPS) is 14.5. The lowest BCUT2D eigenvalue weighted by Gasteiger charge is -2.23. The van der Waals surface area contributed by atoms with Crippen molar-refractivity contribution in [3.8, 4) is 23.0 Å². The van der Waals surface area contributed by atoms with Crippen molar-refractivity contribution in [2.45, 2.75) is 63.6 Å². The van der Waals surface area contributed by atoms with Gasteiger partial charge in [0.05, 0.1) is 33.9 Å². The van der Waals surface area contributed by atoms with Crippen molar-refractivity contribution < 1.29 is 44.7 Å². The van der Waals surface area contributed by atoms with Crippen molar-refractivity contribution in [1.82, 2.24) is 30.3 Å². The average molecular weight is 794 g/mol. The number of carbonyl (C=O) groups excluding carboxylic acids is 1. The minimum Gasteiger partial charge on any atom is -0.378 e. The molecule has 11 nitrogen and oxygen atoms in total. The van der Waals surface area contributed by atoms with E-state index in [1.54, 1.807) is 0 Å². The number of H-pyrrole nitrogens is 1. The molecule has 0 bridgehead atoms. The van der Waals surface area contributed by atoms with Gasteiger partial charge < -0.3 is 10.4 Å². The first kappa shape index (κ1) is 38.6. The van der Waals surface area contributed by atoms with Gasteiger partial charge in [-0.25, -0.2) is 31.0 Å². The molecule has 0 fully saturated rings. The lowest BCUT2D eigenvalue weighted by Crippen LogP contribution is -2.35.